The van der Waals surface area contributed by atoms with E-state index in [4.69, 9.17) is 9.26 Å². The first kappa shape index (κ1) is 14.0. The minimum Gasteiger partial charge on any atom is -0.383 e. The van der Waals surface area contributed by atoms with Crippen LogP contribution >= 0.6 is 0 Å². The molecule has 0 atom stereocenters. The summed E-state index contributed by atoms with van der Waals surface area (Å²) >= 11 is 0. The van der Waals surface area contributed by atoms with Gasteiger partial charge in [-0.05, 0) is 11.8 Å². The smallest absolute Gasteiger partial charge is 0.321 e. The van der Waals surface area contributed by atoms with Crippen LogP contribution in [-0.4, -0.2) is 30.4 Å². The maximum Gasteiger partial charge on any atom is 0.321 e. The minimum atomic E-state index is 0.330. The number of rotatable bonds is 7. The summed E-state index contributed by atoms with van der Waals surface area (Å²) in [6.07, 6.45) is 0. The molecule has 1 heterocycles. The van der Waals surface area contributed by atoms with Crippen LogP contribution in [0.5, 0.6) is 0 Å². The Morgan fingerprint density at radius 3 is 2.41 bits per heavy atom. The summed E-state index contributed by atoms with van der Waals surface area (Å²) in [7, 11) is 1.66. The second-order valence-electron chi connectivity index (χ2n) is 4.89. The Hall–Kier alpha value is -1.10. The number of methoxy groups -OCH3 is 1. The molecule has 1 N–H and O–H groups in total. The Kier molecular flexibility index (Phi) is 5.41. The third-order valence-electron chi connectivity index (χ3n) is 2.76. The van der Waals surface area contributed by atoms with Crippen molar-refractivity contribution in [2.24, 2.45) is 11.8 Å². The average Bonchev–Trinajstić information content (AvgIpc) is 2.65. The van der Waals surface area contributed by atoms with E-state index in [1.54, 1.807) is 7.11 Å². The van der Waals surface area contributed by atoms with E-state index in [9.17, 15) is 0 Å². The highest BCUT2D eigenvalue weighted by Gasteiger charge is 2.24. The van der Waals surface area contributed by atoms with Gasteiger partial charge >= 0.3 is 6.01 Å². The lowest BCUT2D eigenvalue weighted by atomic mass is 9.85. The summed E-state index contributed by atoms with van der Waals surface area (Å²) < 4.78 is 10.1. The summed E-state index contributed by atoms with van der Waals surface area (Å²) in [5.41, 5.74) is 0. The molecule has 0 aliphatic rings. The van der Waals surface area contributed by atoms with E-state index in [1.165, 1.54) is 0 Å². The Labute approximate surface area is 103 Å². The van der Waals surface area contributed by atoms with Crippen molar-refractivity contribution in [1.82, 2.24) is 10.1 Å². The number of aromatic nitrogens is 2. The molecule has 5 heteroatoms. The number of anilines is 1. The predicted molar refractivity (Wildman–Crippen MR) is 67.1 cm³/mol. The van der Waals surface area contributed by atoms with E-state index in [2.05, 4.69) is 43.2 Å². The van der Waals surface area contributed by atoms with Crippen LogP contribution in [0.4, 0.5) is 6.01 Å². The van der Waals surface area contributed by atoms with E-state index >= 15 is 0 Å². The van der Waals surface area contributed by atoms with Gasteiger partial charge < -0.3 is 14.6 Å². The van der Waals surface area contributed by atoms with Crippen LogP contribution < -0.4 is 5.32 Å². The Morgan fingerprint density at radius 2 is 1.88 bits per heavy atom. The zero-order valence-corrected chi connectivity index (χ0v) is 11.4. The van der Waals surface area contributed by atoms with Crippen molar-refractivity contribution in [3.05, 3.63) is 5.82 Å². The molecule has 0 saturated carbocycles. The molecule has 0 aliphatic carbocycles. The zero-order valence-electron chi connectivity index (χ0n) is 11.4. The molecule has 0 aliphatic heterocycles. The predicted octanol–water partition coefficient (Wildman–Crippen LogP) is 2.52. The van der Waals surface area contributed by atoms with Crippen molar-refractivity contribution in [2.75, 3.05) is 25.6 Å². The van der Waals surface area contributed by atoms with Gasteiger partial charge in [0.15, 0.2) is 5.82 Å². The monoisotopic (exact) mass is 241 g/mol. The van der Waals surface area contributed by atoms with Crippen molar-refractivity contribution in [3.8, 4) is 0 Å². The van der Waals surface area contributed by atoms with Crippen LogP contribution in [0.1, 0.15) is 39.4 Å². The number of ether oxygens (including phenoxy) is 1. The highest BCUT2D eigenvalue weighted by atomic mass is 16.5. The first-order valence-electron chi connectivity index (χ1n) is 6.12. The lowest BCUT2D eigenvalue weighted by Crippen LogP contribution is -2.15. The van der Waals surface area contributed by atoms with Crippen LogP contribution in [0.15, 0.2) is 4.52 Å². The fourth-order valence-corrected chi connectivity index (χ4v) is 2.07. The average molecular weight is 241 g/mol. The maximum absolute atomic E-state index is 5.16. The molecule has 0 aromatic carbocycles. The molecule has 0 unspecified atom stereocenters. The van der Waals surface area contributed by atoms with Crippen molar-refractivity contribution in [2.45, 2.75) is 33.6 Å². The molecule has 0 bridgehead atoms. The van der Waals surface area contributed by atoms with Gasteiger partial charge in [-0.2, -0.15) is 4.98 Å². The van der Waals surface area contributed by atoms with E-state index in [1.807, 2.05) is 0 Å². The molecule has 98 valence electrons. The van der Waals surface area contributed by atoms with Gasteiger partial charge in [-0.3, -0.25) is 0 Å². The van der Waals surface area contributed by atoms with Gasteiger partial charge in [-0.1, -0.05) is 32.9 Å². The van der Waals surface area contributed by atoms with E-state index in [0.717, 1.165) is 5.82 Å². The zero-order chi connectivity index (χ0) is 12.8. The third kappa shape index (κ3) is 4.00. The lowest BCUT2D eigenvalue weighted by Gasteiger charge is -2.20. The standard InChI is InChI=1S/C12H23N3O2/c1-8(2)10(9(3)4)11-14-12(17-15-11)13-6-7-16-5/h8-10H,6-7H2,1-5H3,(H,13,14,15). The van der Waals surface area contributed by atoms with Gasteiger partial charge in [0.25, 0.3) is 0 Å². The number of nitrogens with one attached hydrogen (secondary N) is 1. The van der Waals surface area contributed by atoms with Gasteiger partial charge in [0.1, 0.15) is 0 Å². The van der Waals surface area contributed by atoms with Gasteiger partial charge in [0, 0.05) is 19.6 Å². The topological polar surface area (TPSA) is 60.2 Å². The fourth-order valence-electron chi connectivity index (χ4n) is 2.07. The summed E-state index contributed by atoms with van der Waals surface area (Å²) in [5, 5.41) is 7.08. The lowest BCUT2D eigenvalue weighted by molar-refractivity contribution is 0.210. The van der Waals surface area contributed by atoms with Gasteiger partial charge in [-0.15, -0.1) is 0 Å². The maximum atomic E-state index is 5.16. The number of hydrogen-bond donors (Lipinski definition) is 1. The summed E-state index contributed by atoms with van der Waals surface area (Å²) in [6, 6.07) is 0.475. The van der Waals surface area contributed by atoms with Crippen LogP contribution in [0.25, 0.3) is 0 Å². The van der Waals surface area contributed by atoms with Crippen molar-refractivity contribution in [1.29, 1.82) is 0 Å². The second kappa shape index (κ2) is 6.59. The molecule has 0 spiro atoms. The third-order valence-corrected chi connectivity index (χ3v) is 2.76. The molecule has 0 saturated heterocycles. The van der Waals surface area contributed by atoms with Gasteiger partial charge in [0.2, 0.25) is 0 Å². The molecule has 0 radical (unpaired) electrons. The van der Waals surface area contributed by atoms with E-state index in [0.29, 0.717) is 36.9 Å². The Bertz CT molecular complexity index is 315. The van der Waals surface area contributed by atoms with Crippen LogP contribution in [-0.2, 0) is 4.74 Å². The van der Waals surface area contributed by atoms with E-state index < -0.39 is 0 Å². The molecule has 0 fully saturated rings. The molecule has 5 nitrogen and oxygen atoms in total. The molecule has 1 rings (SSSR count). The summed E-state index contributed by atoms with van der Waals surface area (Å²) in [5.74, 6) is 2.12. The normalized spacial score (nSPS) is 11.8. The van der Waals surface area contributed by atoms with Crippen molar-refractivity contribution >= 4 is 6.01 Å². The number of hydrogen-bond acceptors (Lipinski definition) is 5. The highest BCUT2D eigenvalue weighted by molar-refractivity contribution is 5.19. The molecular formula is C12H23N3O2. The van der Waals surface area contributed by atoms with Crippen LogP contribution in [0, 0.1) is 11.8 Å². The fraction of sp³-hybridized carbons (Fsp3) is 0.833. The molecular weight excluding hydrogens is 218 g/mol. The highest BCUT2D eigenvalue weighted by Crippen LogP contribution is 2.30. The first-order valence-corrected chi connectivity index (χ1v) is 6.12. The van der Waals surface area contributed by atoms with E-state index in [-0.39, 0.29) is 0 Å². The Balaban J connectivity index is 2.65. The van der Waals surface area contributed by atoms with Crippen molar-refractivity contribution < 1.29 is 9.26 Å². The van der Waals surface area contributed by atoms with Gasteiger partial charge in [0.05, 0.1) is 6.61 Å². The molecule has 1 aromatic rings. The first-order chi connectivity index (χ1) is 8.06. The largest absolute Gasteiger partial charge is 0.383 e. The van der Waals surface area contributed by atoms with Gasteiger partial charge in [-0.25, -0.2) is 0 Å². The molecule has 17 heavy (non-hydrogen) atoms. The quantitative estimate of drug-likeness (QED) is 0.743. The Morgan fingerprint density at radius 1 is 1.24 bits per heavy atom. The number of nitrogens with zero attached hydrogens (tertiary/aromatic N) is 2. The van der Waals surface area contributed by atoms with Crippen LogP contribution in [0.2, 0.25) is 0 Å². The van der Waals surface area contributed by atoms with Crippen LogP contribution in [0.3, 0.4) is 0 Å². The minimum absolute atomic E-state index is 0.330. The second-order valence-corrected chi connectivity index (χ2v) is 4.89. The summed E-state index contributed by atoms with van der Waals surface area (Å²) in [4.78, 5) is 4.38. The van der Waals surface area contributed by atoms with Crippen molar-refractivity contribution in [3.63, 3.8) is 0 Å². The molecule has 1 aromatic heterocycles. The molecule has 0 amide bonds. The SMILES string of the molecule is COCCNc1nc(C(C(C)C)C(C)C)no1. The summed E-state index contributed by atoms with van der Waals surface area (Å²) in [6.45, 7) is 10.0.